The maximum absolute atomic E-state index is 14.9. The normalized spacial score (nSPS) is 20.2. The molecule has 2 aromatic rings. The van der Waals surface area contributed by atoms with Gasteiger partial charge in [0.25, 0.3) is 0 Å². The Balaban J connectivity index is 1.94. The summed E-state index contributed by atoms with van der Waals surface area (Å²) < 4.78 is 38.0. The molecule has 1 heterocycles. The first-order valence-electron chi connectivity index (χ1n) is 17.7. The summed E-state index contributed by atoms with van der Waals surface area (Å²) in [5, 5.41) is -1.46. The molecule has 2 amide bonds. The molecule has 2 unspecified atom stereocenters. The molecule has 10 nitrogen and oxygen atoms in total. The van der Waals surface area contributed by atoms with E-state index in [2.05, 4.69) is 48.2 Å². The minimum absolute atomic E-state index is 0.0131. The van der Waals surface area contributed by atoms with Gasteiger partial charge in [-0.3, -0.25) is 14.3 Å². The van der Waals surface area contributed by atoms with Crippen molar-refractivity contribution >= 4 is 25.5 Å². The fourth-order valence-corrected chi connectivity index (χ4v) is 9.00. The SMILES string of the molecule is CCOP1(=O)CCN(Cc2ccccc2-c2ccc(C)cc2)CC1(CCCCN(C(=O)OC(C)(C)C)C(=O)OC(C)(C)C)C(=O)OC(C)(C)C. The first kappa shape index (κ1) is 41.2. The zero-order chi connectivity index (χ0) is 37.5. The second-order valence-electron chi connectivity index (χ2n) is 16.2. The molecular weight excluding hydrogens is 655 g/mol. The van der Waals surface area contributed by atoms with Gasteiger partial charge in [0.1, 0.15) is 16.8 Å². The molecule has 0 bridgehead atoms. The van der Waals surface area contributed by atoms with E-state index in [0.717, 1.165) is 21.6 Å². The topological polar surface area (TPSA) is 112 Å². The second-order valence-corrected chi connectivity index (χ2v) is 19.1. The van der Waals surface area contributed by atoms with Crippen LogP contribution in [0.3, 0.4) is 0 Å². The number of benzene rings is 2. The van der Waals surface area contributed by atoms with Gasteiger partial charge in [0.15, 0.2) is 5.16 Å². The molecule has 1 saturated heterocycles. The van der Waals surface area contributed by atoms with Gasteiger partial charge >= 0.3 is 18.2 Å². The highest BCUT2D eigenvalue weighted by Gasteiger charge is 2.59. The monoisotopic (exact) mass is 714 g/mol. The summed E-state index contributed by atoms with van der Waals surface area (Å²) in [6.45, 7) is 20.9. The Bertz CT molecular complexity index is 1490. The lowest BCUT2D eigenvalue weighted by molar-refractivity contribution is -0.160. The van der Waals surface area contributed by atoms with Crippen LogP contribution >= 0.6 is 7.37 Å². The van der Waals surface area contributed by atoms with Crippen LogP contribution in [-0.4, -0.2) is 82.3 Å². The van der Waals surface area contributed by atoms with E-state index in [9.17, 15) is 18.9 Å². The lowest BCUT2D eigenvalue weighted by atomic mass is 9.96. The van der Waals surface area contributed by atoms with Crippen LogP contribution in [0.15, 0.2) is 48.5 Å². The van der Waals surface area contributed by atoms with E-state index in [1.807, 2.05) is 12.1 Å². The van der Waals surface area contributed by atoms with Crippen LogP contribution in [0.5, 0.6) is 0 Å². The van der Waals surface area contributed by atoms with Crippen molar-refractivity contribution in [2.75, 3.05) is 32.4 Å². The molecule has 1 fully saturated rings. The zero-order valence-corrected chi connectivity index (χ0v) is 33.0. The summed E-state index contributed by atoms with van der Waals surface area (Å²) in [5.74, 6) is -0.561. The van der Waals surface area contributed by atoms with Crippen molar-refractivity contribution in [2.24, 2.45) is 0 Å². The highest BCUT2D eigenvalue weighted by Crippen LogP contribution is 2.64. The maximum Gasteiger partial charge on any atom is 0.419 e. The van der Waals surface area contributed by atoms with Crippen molar-refractivity contribution in [3.63, 3.8) is 0 Å². The Morgan fingerprint density at radius 3 is 1.92 bits per heavy atom. The molecule has 0 aromatic heterocycles. The van der Waals surface area contributed by atoms with E-state index < -0.39 is 47.5 Å². The number of rotatable bonds is 11. The Morgan fingerprint density at radius 1 is 0.820 bits per heavy atom. The molecule has 3 rings (SSSR count). The van der Waals surface area contributed by atoms with Crippen molar-refractivity contribution in [1.29, 1.82) is 0 Å². The van der Waals surface area contributed by atoms with Crippen LogP contribution < -0.4 is 0 Å². The maximum atomic E-state index is 14.9. The van der Waals surface area contributed by atoms with Crippen LogP contribution in [0, 0.1) is 6.92 Å². The molecule has 0 saturated carbocycles. The number of carbonyl (C=O) groups excluding carboxylic acids is 3. The van der Waals surface area contributed by atoms with Gasteiger partial charge in [0.05, 0.1) is 6.61 Å². The summed E-state index contributed by atoms with van der Waals surface area (Å²) >= 11 is 0. The van der Waals surface area contributed by atoms with Gasteiger partial charge in [-0.05, 0) is 112 Å². The van der Waals surface area contributed by atoms with E-state index in [0.29, 0.717) is 25.9 Å². The van der Waals surface area contributed by atoms with Crippen molar-refractivity contribution in [3.05, 3.63) is 59.7 Å². The number of imide groups is 1. The highest BCUT2D eigenvalue weighted by molar-refractivity contribution is 7.62. The lowest BCUT2D eigenvalue weighted by Gasteiger charge is -2.46. The number of carbonyl (C=O) groups is 3. The largest absolute Gasteiger partial charge is 0.459 e. The van der Waals surface area contributed by atoms with E-state index >= 15 is 0 Å². The summed E-state index contributed by atoms with van der Waals surface area (Å²) in [7, 11) is -3.59. The van der Waals surface area contributed by atoms with Gasteiger partial charge in [-0.25, -0.2) is 14.5 Å². The fraction of sp³-hybridized carbons (Fsp3) is 0.615. The standard InChI is InChI=1S/C39H59N2O8P/c1-12-46-50(45)26-25-40(27-31-17-13-14-18-32(31)30-21-19-29(2)20-22-30)28-39(50,33(42)47-36(3,4)5)23-15-16-24-41(34(43)48-37(6,7)8)35(44)49-38(9,10)11/h13-14,17-22H,12,15-16,23-28H2,1-11H3. The highest BCUT2D eigenvalue weighted by atomic mass is 31.2. The van der Waals surface area contributed by atoms with Crippen molar-refractivity contribution in [3.8, 4) is 11.1 Å². The van der Waals surface area contributed by atoms with Crippen LogP contribution in [0.4, 0.5) is 9.59 Å². The van der Waals surface area contributed by atoms with Crippen molar-refractivity contribution in [1.82, 2.24) is 9.80 Å². The number of unbranched alkanes of at least 4 members (excludes halogenated alkanes) is 1. The third kappa shape index (κ3) is 11.4. The minimum atomic E-state index is -3.59. The average molecular weight is 715 g/mol. The number of ether oxygens (including phenoxy) is 3. The molecule has 0 radical (unpaired) electrons. The lowest BCUT2D eigenvalue weighted by Crippen LogP contribution is -2.56. The predicted molar refractivity (Wildman–Crippen MR) is 198 cm³/mol. The molecule has 0 aliphatic carbocycles. The smallest absolute Gasteiger partial charge is 0.419 e. The van der Waals surface area contributed by atoms with E-state index in [-0.39, 0.29) is 32.3 Å². The van der Waals surface area contributed by atoms with Gasteiger partial charge in [-0.15, -0.1) is 0 Å². The predicted octanol–water partition coefficient (Wildman–Crippen LogP) is 9.22. The first-order chi connectivity index (χ1) is 23.1. The Morgan fingerprint density at radius 2 is 1.38 bits per heavy atom. The number of nitrogens with zero attached hydrogens (tertiary/aromatic N) is 2. The zero-order valence-electron chi connectivity index (χ0n) is 32.1. The van der Waals surface area contributed by atoms with Crippen molar-refractivity contribution in [2.45, 2.75) is 124 Å². The van der Waals surface area contributed by atoms with E-state index in [4.69, 9.17) is 18.7 Å². The molecule has 2 atom stereocenters. The Kier molecular flexibility index (Phi) is 13.5. The quantitative estimate of drug-likeness (QED) is 0.0973. The number of esters is 1. The molecule has 1 aliphatic heterocycles. The Hall–Kier alpha value is -3.20. The van der Waals surface area contributed by atoms with Crippen molar-refractivity contribution < 1.29 is 37.7 Å². The van der Waals surface area contributed by atoms with E-state index in [1.54, 1.807) is 69.2 Å². The number of hydrogen-bond acceptors (Lipinski definition) is 9. The summed E-state index contributed by atoms with van der Waals surface area (Å²) in [4.78, 5) is 43.7. The van der Waals surface area contributed by atoms with Gasteiger partial charge in [-0.2, -0.15) is 0 Å². The second kappa shape index (κ2) is 16.4. The number of amides is 2. The van der Waals surface area contributed by atoms with Gasteiger partial charge in [0, 0.05) is 32.3 Å². The van der Waals surface area contributed by atoms with Gasteiger partial charge < -0.3 is 18.7 Å². The molecule has 0 N–H and O–H groups in total. The molecule has 50 heavy (non-hydrogen) atoms. The third-order valence-corrected chi connectivity index (χ3v) is 11.5. The summed E-state index contributed by atoms with van der Waals surface area (Å²) in [6.07, 6.45) is -0.604. The first-order valence-corrected chi connectivity index (χ1v) is 19.5. The molecule has 2 aromatic carbocycles. The van der Waals surface area contributed by atoms with Crippen LogP contribution in [-0.2, 0) is 34.6 Å². The fourth-order valence-electron chi connectivity index (χ4n) is 6.00. The molecule has 1 aliphatic rings. The minimum Gasteiger partial charge on any atom is -0.459 e. The number of aryl methyl sites for hydroxylation is 1. The molecule has 0 spiro atoms. The summed E-state index contributed by atoms with van der Waals surface area (Å²) in [5.41, 5.74) is 1.98. The number of hydrogen-bond donors (Lipinski definition) is 0. The molecular formula is C39H59N2O8P. The molecule has 11 heteroatoms. The van der Waals surface area contributed by atoms with Crippen LogP contribution in [0.2, 0.25) is 0 Å². The van der Waals surface area contributed by atoms with Gasteiger partial charge in [0.2, 0.25) is 7.37 Å². The van der Waals surface area contributed by atoms with Crippen LogP contribution in [0.25, 0.3) is 11.1 Å². The summed E-state index contributed by atoms with van der Waals surface area (Å²) in [6, 6.07) is 16.6. The molecule has 278 valence electrons. The van der Waals surface area contributed by atoms with E-state index in [1.165, 1.54) is 5.56 Å². The van der Waals surface area contributed by atoms with Crippen LogP contribution in [0.1, 0.15) is 99.6 Å². The third-order valence-electron chi connectivity index (χ3n) is 8.19. The average Bonchev–Trinajstić information content (AvgIpc) is 2.97. The Labute approximate surface area is 299 Å². The van der Waals surface area contributed by atoms with Gasteiger partial charge in [-0.1, -0.05) is 54.1 Å².